The molecule has 112 valence electrons. The van der Waals surface area contributed by atoms with Crippen LogP contribution in [-0.4, -0.2) is 18.2 Å². The van der Waals surface area contributed by atoms with Crippen LogP contribution < -0.4 is 4.74 Å². The predicted octanol–water partition coefficient (Wildman–Crippen LogP) is 4.49. The van der Waals surface area contributed by atoms with E-state index < -0.39 is 11.4 Å². The summed E-state index contributed by atoms with van der Waals surface area (Å²) in [6, 6.07) is 3.65. The van der Waals surface area contributed by atoms with Gasteiger partial charge in [0.15, 0.2) is 11.3 Å². The zero-order valence-corrected chi connectivity index (χ0v) is 13.4. The number of aliphatic carboxylic acids is 1. The van der Waals surface area contributed by atoms with Gasteiger partial charge in [-0.3, -0.25) is 4.79 Å². The van der Waals surface area contributed by atoms with Crippen molar-refractivity contribution in [3.63, 3.8) is 0 Å². The van der Waals surface area contributed by atoms with Gasteiger partial charge >= 0.3 is 5.97 Å². The van der Waals surface area contributed by atoms with Crippen LogP contribution >= 0.6 is 15.9 Å². The van der Waals surface area contributed by atoms with Gasteiger partial charge in [-0.2, -0.15) is 0 Å². The van der Waals surface area contributed by atoms with Crippen LogP contribution in [0, 0.1) is 0 Å². The molecule has 1 aliphatic rings. The molecule has 0 radical (unpaired) electrons. The van der Waals surface area contributed by atoms with E-state index in [1.54, 1.807) is 13.4 Å². The molecule has 0 aliphatic heterocycles. The standard InChI is InChI=1S/C16H17BrO4/c1-20-12-9-11(13(17)10-5-8-21-14(10)12)16(15(18)19)6-3-2-4-7-16/h5,8-9H,2-4,6-7H2,1H3,(H,18,19). The molecule has 1 heterocycles. The van der Waals surface area contributed by atoms with E-state index in [2.05, 4.69) is 15.9 Å². The van der Waals surface area contributed by atoms with Crippen molar-refractivity contribution in [1.82, 2.24) is 0 Å². The summed E-state index contributed by atoms with van der Waals surface area (Å²) < 4.78 is 11.6. The molecule has 1 aliphatic carbocycles. The maximum atomic E-state index is 12.0. The minimum absolute atomic E-state index is 0.583. The molecule has 1 aromatic carbocycles. The van der Waals surface area contributed by atoms with Gasteiger partial charge in [0.05, 0.1) is 18.8 Å². The van der Waals surface area contributed by atoms with Crippen molar-refractivity contribution in [2.45, 2.75) is 37.5 Å². The highest BCUT2D eigenvalue weighted by Gasteiger charge is 2.43. The van der Waals surface area contributed by atoms with E-state index in [4.69, 9.17) is 9.15 Å². The van der Waals surface area contributed by atoms with E-state index >= 15 is 0 Å². The number of rotatable bonds is 3. The number of fused-ring (bicyclic) bond motifs is 1. The number of hydrogen-bond acceptors (Lipinski definition) is 3. The quantitative estimate of drug-likeness (QED) is 0.883. The van der Waals surface area contributed by atoms with Crippen LogP contribution in [0.3, 0.4) is 0 Å². The molecule has 1 aromatic heterocycles. The maximum absolute atomic E-state index is 12.0. The highest BCUT2D eigenvalue weighted by Crippen LogP contribution is 2.47. The lowest BCUT2D eigenvalue weighted by atomic mass is 9.69. The molecule has 1 N–H and O–H groups in total. The number of furan rings is 1. The summed E-state index contributed by atoms with van der Waals surface area (Å²) in [5.41, 5.74) is 0.598. The first-order valence-corrected chi connectivity index (χ1v) is 7.87. The maximum Gasteiger partial charge on any atom is 0.314 e. The Hall–Kier alpha value is -1.49. The van der Waals surface area contributed by atoms with Gasteiger partial charge in [0.25, 0.3) is 0 Å². The molecule has 0 atom stereocenters. The Labute approximate surface area is 131 Å². The van der Waals surface area contributed by atoms with Gasteiger partial charge in [-0.1, -0.05) is 19.3 Å². The molecule has 0 saturated heterocycles. The lowest BCUT2D eigenvalue weighted by Crippen LogP contribution is -2.38. The molecular weight excluding hydrogens is 336 g/mol. The van der Waals surface area contributed by atoms with Crippen molar-refractivity contribution >= 4 is 32.9 Å². The van der Waals surface area contributed by atoms with Crippen molar-refractivity contribution in [3.8, 4) is 5.75 Å². The summed E-state index contributed by atoms with van der Waals surface area (Å²) in [6.07, 6.45) is 5.88. The number of benzene rings is 1. The lowest BCUT2D eigenvalue weighted by Gasteiger charge is -2.34. The van der Waals surface area contributed by atoms with Crippen molar-refractivity contribution in [2.75, 3.05) is 7.11 Å². The SMILES string of the molecule is COc1cc(C2(C(=O)O)CCCCC2)c(Br)c2ccoc12. The minimum Gasteiger partial charge on any atom is -0.493 e. The van der Waals surface area contributed by atoms with E-state index in [9.17, 15) is 9.90 Å². The van der Waals surface area contributed by atoms with Crippen molar-refractivity contribution in [1.29, 1.82) is 0 Å². The third-order valence-electron chi connectivity index (χ3n) is 4.49. The first-order chi connectivity index (χ1) is 10.1. The zero-order valence-electron chi connectivity index (χ0n) is 11.8. The molecule has 3 rings (SSSR count). The van der Waals surface area contributed by atoms with Crippen molar-refractivity contribution in [2.24, 2.45) is 0 Å². The first-order valence-electron chi connectivity index (χ1n) is 7.08. The third kappa shape index (κ3) is 2.14. The molecular formula is C16H17BrO4. The van der Waals surface area contributed by atoms with Crippen LogP contribution in [0.25, 0.3) is 11.0 Å². The van der Waals surface area contributed by atoms with Crippen LogP contribution in [0.2, 0.25) is 0 Å². The second kappa shape index (κ2) is 5.37. The summed E-state index contributed by atoms with van der Waals surface area (Å²) in [4.78, 5) is 12.0. The summed E-state index contributed by atoms with van der Waals surface area (Å²) >= 11 is 3.58. The Morgan fingerprint density at radius 3 is 2.71 bits per heavy atom. The third-order valence-corrected chi connectivity index (χ3v) is 5.34. The second-order valence-corrected chi connectivity index (χ2v) is 6.34. The summed E-state index contributed by atoms with van der Waals surface area (Å²) in [6.45, 7) is 0. The highest BCUT2D eigenvalue weighted by molar-refractivity contribution is 9.10. The lowest BCUT2D eigenvalue weighted by molar-refractivity contribution is -0.145. The fourth-order valence-corrected chi connectivity index (χ4v) is 4.14. The number of hydrogen-bond donors (Lipinski definition) is 1. The average Bonchev–Trinajstić information content (AvgIpc) is 2.98. The van der Waals surface area contributed by atoms with Crippen LogP contribution in [0.1, 0.15) is 37.7 Å². The highest BCUT2D eigenvalue weighted by atomic mass is 79.9. The topological polar surface area (TPSA) is 59.7 Å². The van der Waals surface area contributed by atoms with Gasteiger partial charge in [-0.15, -0.1) is 0 Å². The summed E-state index contributed by atoms with van der Waals surface area (Å²) in [5, 5.41) is 10.7. The van der Waals surface area contributed by atoms with Crippen LogP contribution in [-0.2, 0) is 10.2 Å². The molecule has 1 saturated carbocycles. The van der Waals surface area contributed by atoms with Crippen LogP contribution in [0.15, 0.2) is 27.3 Å². The molecule has 0 unspecified atom stereocenters. The summed E-state index contributed by atoms with van der Waals surface area (Å²) in [5.74, 6) is -0.174. The number of halogens is 1. The number of carboxylic acids is 1. The second-order valence-electron chi connectivity index (χ2n) is 5.55. The zero-order chi connectivity index (χ0) is 15.0. The molecule has 2 aromatic rings. The summed E-state index contributed by atoms with van der Waals surface area (Å²) in [7, 11) is 1.57. The Morgan fingerprint density at radius 1 is 1.38 bits per heavy atom. The van der Waals surface area contributed by atoms with Gasteiger partial charge in [-0.25, -0.2) is 0 Å². The molecule has 4 nitrogen and oxygen atoms in total. The monoisotopic (exact) mass is 352 g/mol. The van der Waals surface area contributed by atoms with Gasteiger partial charge in [0, 0.05) is 9.86 Å². The molecule has 0 amide bonds. The fraction of sp³-hybridized carbons (Fsp3) is 0.438. The van der Waals surface area contributed by atoms with E-state index in [0.717, 1.165) is 34.7 Å². The normalized spacial score (nSPS) is 17.8. The van der Waals surface area contributed by atoms with Crippen LogP contribution in [0.5, 0.6) is 5.75 Å². The smallest absolute Gasteiger partial charge is 0.314 e. The Morgan fingerprint density at radius 2 is 2.10 bits per heavy atom. The van der Waals surface area contributed by atoms with Gasteiger partial charge in [0.2, 0.25) is 0 Å². The molecule has 0 spiro atoms. The first kappa shape index (κ1) is 14.4. The van der Waals surface area contributed by atoms with E-state index in [1.165, 1.54) is 0 Å². The molecule has 21 heavy (non-hydrogen) atoms. The number of carbonyl (C=O) groups is 1. The Kier molecular flexibility index (Phi) is 3.69. The number of ether oxygens (including phenoxy) is 1. The van der Waals surface area contributed by atoms with Gasteiger partial charge in [-0.05, 0) is 46.5 Å². The Balaban J connectivity index is 2.26. The number of carboxylic acid groups (broad SMARTS) is 1. The predicted molar refractivity (Wildman–Crippen MR) is 82.9 cm³/mol. The van der Waals surface area contributed by atoms with Gasteiger partial charge < -0.3 is 14.3 Å². The molecule has 0 bridgehead atoms. The minimum atomic E-state index is -0.837. The Bertz CT molecular complexity index is 683. The van der Waals surface area contributed by atoms with Crippen molar-refractivity contribution < 1.29 is 19.1 Å². The molecule has 5 heteroatoms. The van der Waals surface area contributed by atoms with Gasteiger partial charge in [0.1, 0.15) is 0 Å². The number of methoxy groups -OCH3 is 1. The molecule has 1 fully saturated rings. The van der Waals surface area contributed by atoms with E-state index in [0.29, 0.717) is 24.2 Å². The van der Waals surface area contributed by atoms with Crippen LogP contribution in [0.4, 0.5) is 0 Å². The van der Waals surface area contributed by atoms with E-state index in [-0.39, 0.29) is 0 Å². The van der Waals surface area contributed by atoms with E-state index in [1.807, 2.05) is 12.1 Å². The average molecular weight is 353 g/mol. The van der Waals surface area contributed by atoms with Crippen molar-refractivity contribution in [3.05, 3.63) is 28.4 Å². The largest absolute Gasteiger partial charge is 0.493 e. The fourth-order valence-electron chi connectivity index (χ4n) is 3.33.